The minimum atomic E-state index is 0.693. The molecular weight excluding hydrogens is 202 g/mol. The Balaban J connectivity index is 0.000000138. The molecule has 1 fully saturated rings. The Bertz CT molecular complexity index is 340. The number of rotatable bonds is 1. The fourth-order valence-corrected chi connectivity index (χ4v) is 1.88. The third-order valence-electron chi connectivity index (χ3n) is 2.68. The molecule has 0 bridgehead atoms. The van der Waals surface area contributed by atoms with Crippen molar-refractivity contribution in [1.29, 1.82) is 0 Å². The maximum atomic E-state index is 4.06. The normalized spacial score (nSPS) is 15.5. The summed E-state index contributed by atoms with van der Waals surface area (Å²) in [4.78, 5) is 7.35. The topological polar surface area (TPSA) is 67.3 Å². The number of aromatic nitrogens is 5. The van der Waals surface area contributed by atoms with Crippen LogP contribution < -0.4 is 0 Å². The van der Waals surface area contributed by atoms with E-state index in [1.54, 1.807) is 18.5 Å². The second-order valence-electron chi connectivity index (χ2n) is 3.78. The first kappa shape index (κ1) is 10.7. The van der Waals surface area contributed by atoms with E-state index in [2.05, 4.69) is 25.4 Å². The Labute approximate surface area is 94.3 Å². The highest BCUT2D eigenvalue weighted by atomic mass is 15.3. The molecule has 1 aliphatic rings. The van der Waals surface area contributed by atoms with E-state index in [1.807, 2.05) is 6.20 Å². The zero-order chi connectivity index (χ0) is 11.1. The SMILES string of the molecule is c1cncnc1.c1n[nH]nc1C1CCCC1. The molecule has 0 spiro atoms. The quantitative estimate of drug-likeness (QED) is 0.792. The van der Waals surface area contributed by atoms with Gasteiger partial charge in [-0.05, 0) is 18.9 Å². The summed E-state index contributed by atoms with van der Waals surface area (Å²) in [5.74, 6) is 0.693. The zero-order valence-corrected chi connectivity index (χ0v) is 9.08. The fourth-order valence-electron chi connectivity index (χ4n) is 1.88. The molecule has 0 radical (unpaired) electrons. The first-order valence-corrected chi connectivity index (χ1v) is 5.52. The van der Waals surface area contributed by atoms with Gasteiger partial charge in [0.25, 0.3) is 0 Å². The average molecular weight is 217 g/mol. The smallest absolute Gasteiger partial charge is 0.115 e. The molecule has 3 rings (SSSR count). The highest BCUT2D eigenvalue weighted by Gasteiger charge is 2.18. The van der Waals surface area contributed by atoms with Gasteiger partial charge >= 0.3 is 0 Å². The van der Waals surface area contributed by atoms with Gasteiger partial charge in [-0.15, -0.1) is 0 Å². The van der Waals surface area contributed by atoms with Gasteiger partial charge < -0.3 is 0 Å². The van der Waals surface area contributed by atoms with Crippen molar-refractivity contribution >= 4 is 0 Å². The molecule has 1 aliphatic carbocycles. The third-order valence-corrected chi connectivity index (χ3v) is 2.68. The maximum Gasteiger partial charge on any atom is 0.115 e. The highest BCUT2D eigenvalue weighted by Crippen LogP contribution is 2.31. The molecule has 1 saturated carbocycles. The van der Waals surface area contributed by atoms with Gasteiger partial charge in [0.05, 0.1) is 11.9 Å². The number of H-pyrrole nitrogens is 1. The van der Waals surface area contributed by atoms with Crippen molar-refractivity contribution in [1.82, 2.24) is 25.4 Å². The van der Waals surface area contributed by atoms with E-state index < -0.39 is 0 Å². The Kier molecular flexibility index (Phi) is 3.99. The molecule has 16 heavy (non-hydrogen) atoms. The van der Waals surface area contributed by atoms with Gasteiger partial charge in [0.15, 0.2) is 0 Å². The van der Waals surface area contributed by atoms with Crippen LogP contribution in [0.5, 0.6) is 0 Å². The molecule has 1 N–H and O–H groups in total. The van der Waals surface area contributed by atoms with Crippen LogP contribution in [-0.2, 0) is 0 Å². The first-order chi connectivity index (χ1) is 7.97. The van der Waals surface area contributed by atoms with Gasteiger partial charge in [-0.2, -0.15) is 15.4 Å². The lowest BCUT2D eigenvalue weighted by Crippen LogP contribution is -1.91. The van der Waals surface area contributed by atoms with Crippen LogP contribution in [0.1, 0.15) is 37.3 Å². The molecule has 2 heterocycles. The molecule has 5 heteroatoms. The van der Waals surface area contributed by atoms with Crippen LogP contribution in [0.2, 0.25) is 0 Å². The van der Waals surface area contributed by atoms with Gasteiger partial charge in [0.2, 0.25) is 0 Å². The highest BCUT2D eigenvalue weighted by molar-refractivity contribution is 5.02. The largest absolute Gasteiger partial charge is 0.245 e. The van der Waals surface area contributed by atoms with E-state index in [0.29, 0.717) is 5.92 Å². The molecule has 0 atom stereocenters. The van der Waals surface area contributed by atoms with Crippen LogP contribution in [0.15, 0.2) is 31.0 Å². The Morgan fingerprint density at radius 1 is 1.12 bits per heavy atom. The maximum absolute atomic E-state index is 4.06. The number of hydrogen-bond donors (Lipinski definition) is 1. The van der Waals surface area contributed by atoms with Crippen molar-refractivity contribution in [3.63, 3.8) is 0 Å². The number of nitrogens with one attached hydrogen (secondary N) is 1. The minimum absolute atomic E-state index is 0.693. The molecule has 0 aliphatic heterocycles. The fraction of sp³-hybridized carbons (Fsp3) is 0.455. The van der Waals surface area contributed by atoms with Gasteiger partial charge in [-0.3, -0.25) is 0 Å². The minimum Gasteiger partial charge on any atom is -0.245 e. The number of hydrogen-bond acceptors (Lipinski definition) is 4. The summed E-state index contributed by atoms with van der Waals surface area (Å²) in [6.45, 7) is 0. The first-order valence-electron chi connectivity index (χ1n) is 5.52. The van der Waals surface area contributed by atoms with Crippen molar-refractivity contribution in [3.05, 3.63) is 36.7 Å². The van der Waals surface area contributed by atoms with Gasteiger partial charge in [-0.25, -0.2) is 9.97 Å². The van der Waals surface area contributed by atoms with Crippen molar-refractivity contribution in [3.8, 4) is 0 Å². The van der Waals surface area contributed by atoms with Crippen LogP contribution in [0.4, 0.5) is 0 Å². The van der Waals surface area contributed by atoms with Crippen LogP contribution in [0.25, 0.3) is 0 Å². The molecular formula is C11H15N5. The number of aromatic amines is 1. The predicted octanol–water partition coefficient (Wildman–Crippen LogP) is 1.94. The zero-order valence-electron chi connectivity index (χ0n) is 9.08. The summed E-state index contributed by atoms with van der Waals surface area (Å²) < 4.78 is 0. The average Bonchev–Trinajstić information content (AvgIpc) is 3.05. The van der Waals surface area contributed by atoms with Gasteiger partial charge in [-0.1, -0.05) is 12.8 Å². The summed E-state index contributed by atoms with van der Waals surface area (Å²) >= 11 is 0. The summed E-state index contributed by atoms with van der Waals surface area (Å²) in [7, 11) is 0. The molecule has 84 valence electrons. The van der Waals surface area contributed by atoms with E-state index in [4.69, 9.17) is 0 Å². The summed E-state index contributed by atoms with van der Waals surface area (Å²) in [5.41, 5.74) is 1.15. The second kappa shape index (κ2) is 5.95. The Hall–Kier alpha value is -1.78. The molecule has 2 aromatic rings. The molecule has 5 nitrogen and oxygen atoms in total. The molecule has 2 aromatic heterocycles. The molecule has 0 amide bonds. The molecule has 0 unspecified atom stereocenters. The van der Waals surface area contributed by atoms with Gasteiger partial charge in [0, 0.05) is 18.3 Å². The van der Waals surface area contributed by atoms with Crippen LogP contribution in [0, 0.1) is 0 Å². The summed E-state index contributed by atoms with van der Waals surface area (Å²) in [5, 5.41) is 10.5. The number of nitrogens with zero attached hydrogens (tertiary/aromatic N) is 4. The predicted molar refractivity (Wildman–Crippen MR) is 59.6 cm³/mol. The van der Waals surface area contributed by atoms with E-state index in [1.165, 1.54) is 32.0 Å². The van der Waals surface area contributed by atoms with E-state index in [-0.39, 0.29) is 0 Å². The standard InChI is InChI=1S/C7H11N3.C4H4N2/c1-2-4-6(3-1)7-5-8-10-9-7;1-2-5-4-6-3-1/h5-6H,1-4H2,(H,8,9,10);1-4H. The monoisotopic (exact) mass is 217 g/mol. The second-order valence-corrected chi connectivity index (χ2v) is 3.78. The van der Waals surface area contributed by atoms with Crippen LogP contribution in [-0.4, -0.2) is 25.4 Å². The summed E-state index contributed by atoms with van der Waals surface area (Å²) in [6, 6.07) is 1.78. The lowest BCUT2D eigenvalue weighted by atomic mass is 10.1. The Morgan fingerprint density at radius 2 is 1.88 bits per heavy atom. The lowest BCUT2D eigenvalue weighted by Gasteiger charge is -2.00. The van der Waals surface area contributed by atoms with E-state index in [0.717, 1.165) is 5.69 Å². The van der Waals surface area contributed by atoms with Crippen LogP contribution in [0.3, 0.4) is 0 Å². The van der Waals surface area contributed by atoms with Crippen molar-refractivity contribution in [2.75, 3.05) is 0 Å². The molecule has 0 aromatic carbocycles. The van der Waals surface area contributed by atoms with Crippen molar-refractivity contribution < 1.29 is 0 Å². The third kappa shape index (κ3) is 3.12. The van der Waals surface area contributed by atoms with E-state index in [9.17, 15) is 0 Å². The van der Waals surface area contributed by atoms with E-state index >= 15 is 0 Å². The molecule has 0 saturated heterocycles. The van der Waals surface area contributed by atoms with Crippen molar-refractivity contribution in [2.45, 2.75) is 31.6 Å². The van der Waals surface area contributed by atoms with Gasteiger partial charge in [0.1, 0.15) is 6.33 Å². The van der Waals surface area contributed by atoms with Crippen LogP contribution >= 0.6 is 0 Å². The Morgan fingerprint density at radius 3 is 2.31 bits per heavy atom. The summed E-state index contributed by atoms with van der Waals surface area (Å²) in [6.07, 6.45) is 12.0. The van der Waals surface area contributed by atoms with Crippen molar-refractivity contribution in [2.24, 2.45) is 0 Å². The lowest BCUT2D eigenvalue weighted by molar-refractivity contribution is 0.692.